The monoisotopic (exact) mass is 183 g/mol. The smallest absolute Gasteiger partial charge is 0.0340 e. The van der Waals surface area contributed by atoms with Crippen LogP contribution in [0.4, 0.5) is 5.69 Å². The van der Waals surface area contributed by atoms with Crippen LogP contribution in [0.3, 0.4) is 0 Å². The molecule has 1 nitrogen and oxygen atoms in total. The van der Waals surface area contributed by atoms with Gasteiger partial charge in [-0.1, -0.05) is 18.2 Å². The first kappa shape index (κ1) is 10.5. The van der Waals surface area contributed by atoms with Gasteiger partial charge < -0.3 is 5.32 Å². The molecular weight excluding hydrogens is 166 g/mol. The minimum absolute atomic E-state index is 0.990. The van der Waals surface area contributed by atoms with Gasteiger partial charge in [-0.05, 0) is 38.6 Å². The van der Waals surface area contributed by atoms with Crippen molar-refractivity contribution in [2.24, 2.45) is 0 Å². The third kappa shape index (κ3) is 4.81. The van der Waals surface area contributed by atoms with Crippen LogP contribution in [0, 0.1) is 0 Å². The second-order valence-corrected chi connectivity index (χ2v) is 1.90. The average molecular weight is 183 g/mol. The van der Waals surface area contributed by atoms with Gasteiger partial charge in [0.1, 0.15) is 0 Å². The average Bonchev–Trinajstić information content (AvgIpc) is 2.11. The SMILES string of the molecule is CCNc1ccccc1.[SiH3][SiH3]. The van der Waals surface area contributed by atoms with Crippen LogP contribution >= 0.6 is 0 Å². The molecule has 0 aliphatic carbocycles. The predicted octanol–water partition coefficient (Wildman–Crippen LogP) is -0.249. The Bertz CT molecular complexity index is 165. The molecule has 0 aliphatic rings. The van der Waals surface area contributed by atoms with E-state index in [4.69, 9.17) is 0 Å². The van der Waals surface area contributed by atoms with E-state index in [0.717, 1.165) is 6.54 Å². The van der Waals surface area contributed by atoms with Gasteiger partial charge >= 0.3 is 0 Å². The number of hydrogen-bond acceptors (Lipinski definition) is 1. The molecule has 1 rings (SSSR count). The van der Waals surface area contributed by atoms with Gasteiger partial charge in [0.25, 0.3) is 0 Å². The van der Waals surface area contributed by atoms with Crippen LogP contribution in [0.25, 0.3) is 0 Å². The van der Waals surface area contributed by atoms with Gasteiger partial charge in [0.05, 0.1) is 0 Å². The molecule has 0 saturated heterocycles. The van der Waals surface area contributed by atoms with Crippen LogP contribution in [-0.2, 0) is 0 Å². The zero-order valence-electron chi connectivity index (χ0n) is 7.59. The summed E-state index contributed by atoms with van der Waals surface area (Å²) in [4.78, 5) is 0. The maximum Gasteiger partial charge on any atom is 0.0340 e. The Labute approximate surface area is 74.8 Å². The molecule has 1 aromatic rings. The third-order valence-corrected chi connectivity index (χ3v) is 1.15. The maximum atomic E-state index is 3.21. The summed E-state index contributed by atoms with van der Waals surface area (Å²) in [7, 11) is 2.89. The number of anilines is 1. The van der Waals surface area contributed by atoms with Crippen LogP contribution in [0.2, 0.25) is 0 Å². The second kappa shape index (κ2) is 7.56. The Morgan fingerprint density at radius 2 is 1.73 bits per heavy atom. The van der Waals surface area contributed by atoms with Gasteiger partial charge in [0, 0.05) is 12.2 Å². The largest absolute Gasteiger partial charge is 0.385 e. The molecule has 0 amide bonds. The lowest BCUT2D eigenvalue weighted by molar-refractivity contribution is 1.21. The summed E-state index contributed by atoms with van der Waals surface area (Å²) >= 11 is 0. The molecule has 1 N–H and O–H groups in total. The van der Waals surface area contributed by atoms with E-state index in [2.05, 4.69) is 24.4 Å². The van der Waals surface area contributed by atoms with Crippen molar-refractivity contribution in [2.45, 2.75) is 6.92 Å². The summed E-state index contributed by atoms with van der Waals surface area (Å²) in [6.07, 6.45) is 0. The molecule has 62 valence electrons. The highest BCUT2D eigenvalue weighted by Gasteiger charge is 1.81. The topological polar surface area (TPSA) is 12.0 Å². The normalized spacial score (nSPS) is 8.45. The minimum atomic E-state index is 0.990. The van der Waals surface area contributed by atoms with Crippen molar-refractivity contribution >= 4 is 25.2 Å². The first-order chi connectivity index (χ1) is 5.43. The van der Waals surface area contributed by atoms with Gasteiger partial charge in [-0.15, -0.1) is 0 Å². The highest BCUT2D eigenvalue weighted by molar-refractivity contribution is 6.75. The number of benzene rings is 1. The molecule has 0 unspecified atom stereocenters. The summed E-state index contributed by atoms with van der Waals surface area (Å²) in [5.74, 6) is 0. The van der Waals surface area contributed by atoms with Crippen molar-refractivity contribution in [1.82, 2.24) is 0 Å². The Kier molecular flexibility index (Phi) is 7.18. The van der Waals surface area contributed by atoms with Gasteiger partial charge in [0.2, 0.25) is 0 Å². The summed E-state index contributed by atoms with van der Waals surface area (Å²) in [6.45, 7) is 3.08. The first-order valence-electron chi connectivity index (χ1n) is 4.22. The minimum Gasteiger partial charge on any atom is -0.385 e. The predicted molar refractivity (Wildman–Crippen MR) is 60.5 cm³/mol. The highest BCUT2D eigenvalue weighted by Crippen LogP contribution is 2.02. The molecular formula is C8H17NSi2. The summed E-state index contributed by atoms with van der Waals surface area (Å²) in [5, 5.41) is 3.21. The molecule has 3 heteroatoms. The number of nitrogens with one attached hydrogen (secondary N) is 1. The third-order valence-electron chi connectivity index (χ3n) is 1.15. The zero-order chi connectivity index (χ0) is 8.53. The van der Waals surface area contributed by atoms with E-state index in [1.807, 2.05) is 18.2 Å². The second-order valence-electron chi connectivity index (χ2n) is 1.90. The Morgan fingerprint density at radius 1 is 1.18 bits per heavy atom. The van der Waals surface area contributed by atoms with Crippen LogP contribution < -0.4 is 5.32 Å². The molecule has 0 bridgehead atoms. The van der Waals surface area contributed by atoms with E-state index in [-0.39, 0.29) is 0 Å². The Balaban J connectivity index is 0.000000461. The lowest BCUT2D eigenvalue weighted by Crippen LogP contribution is -1.94. The molecule has 0 atom stereocenters. The number of para-hydroxylation sites is 1. The quantitative estimate of drug-likeness (QED) is 0.624. The summed E-state index contributed by atoms with van der Waals surface area (Å²) in [6, 6.07) is 10.2. The maximum absolute atomic E-state index is 3.21. The molecule has 0 heterocycles. The van der Waals surface area contributed by atoms with E-state index >= 15 is 0 Å². The van der Waals surface area contributed by atoms with Crippen molar-refractivity contribution in [3.63, 3.8) is 0 Å². The van der Waals surface area contributed by atoms with Crippen LogP contribution in [-0.4, -0.2) is 26.1 Å². The van der Waals surface area contributed by atoms with E-state index in [0.29, 0.717) is 0 Å². The molecule has 0 radical (unpaired) electrons. The fraction of sp³-hybridized carbons (Fsp3) is 0.250. The van der Waals surface area contributed by atoms with Gasteiger partial charge in [0.15, 0.2) is 0 Å². The lowest BCUT2D eigenvalue weighted by Gasteiger charge is -1.99. The fourth-order valence-electron chi connectivity index (χ4n) is 0.760. The van der Waals surface area contributed by atoms with Crippen molar-refractivity contribution in [2.75, 3.05) is 11.9 Å². The van der Waals surface area contributed by atoms with Gasteiger partial charge in [-0.3, -0.25) is 0 Å². The number of rotatable bonds is 2. The molecule has 0 fully saturated rings. The van der Waals surface area contributed by atoms with Crippen molar-refractivity contribution in [1.29, 1.82) is 0 Å². The molecule has 11 heavy (non-hydrogen) atoms. The zero-order valence-corrected chi connectivity index (χ0v) is 11.6. The summed E-state index contributed by atoms with van der Waals surface area (Å²) in [5.41, 5.74) is 1.19. The van der Waals surface area contributed by atoms with Gasteiger partial charge in [-0.25, -0.2) is 0 Å². The van der Waals surface area contributed by atoms with E-state index in [1.54, 1.807) is 0 Å². The molecule has 0 saturated carbocycles. The highest BCUT2D eigenvalue weighted by atomic mass is 29.1. The van der Waals surface area contributed by atoms with E-state index in [1.165, 1.54) is 25.2 Å². The van der Waals surface area contributed by atoms with Crippen molar-refractivity contribution in [3.05, 3.63) is 30.3 Å². The van der Waals surface area contributed by atoms with Crippen LogP contribution in [0.1, 0.15) is 6.92 Å². The summed E-state index contributed by atoms with van der Waals surface area (Å²) < 4.78 is 0. The fourth-order valence-corrected chi connectivity index (χ4v) is 0.760. The molecule has 0 aromatic heterocycles. The van der Waals surface area contributed by atoms with E-state index < -0.39 is 0 Å². The van der Waals surface area contributed by atoms with Crippen LogP contribution in [0.5, 0.6) is 0 Å². The standard InChI is InChI=1S/C8H11N.H6Si2/c1-2-9-8-6-4-3-5-7-8;1-2/h3-7,9H,2H2,1H3;1-2H3. The number of hydrogen-bond donors (Lipinski definition) is 1. The Morgan fingerprint density at radius 3 is 2.18 bits per heavy atom. The van der Waals surface area contributed by atoms with Crippen molar-refractivity contribution in [3.8, 4) is 0 Å². The first-order valence-corrected chi connectivity index (χ1v) is 12.2. The molecule has 0 aliphatic heterocycles. The van der Waals surface area contributed by atoms with Gasteiger partial charge in [-0.2, -0.15) is 0 Å². The van der Waals surface area contributed by atoms with Crippen LogP contribution in [0.15, 0.2) is 30.3 Å². The lowest BCUT2D eigenvalue weighted by atomic mass is 10.3. The Hall–Kier alpha value is -0.546. The molecule has 0 spiro atoms. The molecule has 1 aromatic carbocycles. The van der Waals surface area contributed by atoms with E-state index in [9.17, 15) is 0 Å². The van der Waals surface area contributed by atoms with Crippen molar-refractivity contribution < 1.29 is 0 Å².